The summed E-state index contributed by atoms with van der Waals surface area (Å²) in [5.41, 5.74) is 0. The third-order valence-corrected chi connectivity index (χ3v) is 8.78. The molecular weight excluding hydrogens is 372 g/mol. The van der Waals surface area contributed by atoms with Crippen LogP contribution in [0.1, 0.15) is 37.0 Å². The van der Waals surface area contributed by atoms with Gasteiger partial charge in [-0.05, 0) is 54.2 Å². The number of nitrogens with one attached hydrogen (secondary N) is 1. The van der Waals surface area contributed by atoms with E-state index in [0.717, 1.165) is 27.9 Å². The van der Waals surface area contributed by atoms with E-state index in [0.29, 0.717) is 23.9 Å². The van der Waals surface area contributed by atoms with Crippen LogP contribution in [0.3, 0.4) is 0 Å². The summed E-state index contributed by atoms with van der Waals surface area (Å²) < 4.78 is 28.5. The van der Waals surface area contributed by atoms with Crippen LogP contribution in [-0.4, -0.2) is 32.4 Å². The molecule has 1 aliphatic heterocycles. The molecule has 2 atom stereocenters. The fourth-order valence-electron chi connectivity index (χ4n) is 3.62. The van der Waals surface area contributed by atoms with Gasteiger partial charge in [0.05, 0.1) is 3.79 Å². The molecule has 4 nitrogen and oxygen atoms in total. The Bertz CT molecular complexity index is 614. The van der Waals surface area contributed by atoms with E-state index in [1.54, 1.807) is 4.31 Å². The van der Waals surface area contributed by atoms with E-state index in [4.69, 9.17) is 0 Å². The Kier molecular flexibility index (Phi) is 4.76. The summed E-state index contributed by atoms with van der Waals surface area (Å²) in [5.74, 6) is 0.572. The van der Waals surface area contributed by atoms with Gasteiger partial charge in [-0.2, -0.15) is 4.31 Å². The zero-order chi connectivity index (χ0) is 15.0. The highest BCUT2D eigenvalue weighted by atomic mass is 79.9. The van der Waals surface area contributed by atoms with Gasteiger partial charge < -0.3 is 5.32 Å². The van der Waals surface area contributed by atoms with Crippen LogP contribution < -0.4 is 5.32 Å². The summed E-state index contributed by atoms with van der Waals surface area (Å²) in [5, 5.41) is 3.07. The highest BCUT2D eigenvalue weighted by Crippen LogP contribution is 2.41. The minimum absolute atomic E-state index is 0.225. The summed E-state index contributed by atoms with van der Waals surface area (Å²) in [6.45, 7) is 1.38. The minimum Gasteiger partial charge on any atom is -0.315 e. The zero-order valence-electron chi connectivity index (χ0n) is 12.1. The number of rotatable bonds is 4. The normalized spacial score (nSPS) is 27.0. The average Bonchev–Trinajstić information content (AvgIpc) is 3.03. The molecule has 2 unspecified atom stereocenters. The maximum absolute atomic E-state index is 13.0. The predicted molar refractivity (Wildman–Crippen MR) is 89.0 cm³/mol. The fraction of sp³-hybridized carbons (Fsp3) is 0.714. The molecule has 1 aromatic heterocycles. The van der Waals surface area contributed by atoms with Crippen molar-refractivity contribution < 1.29 is 8.42 Å². The summed E-state index contributed by atoms with van der Waals surface area (Å²) in [6.07, 6.45) is 5.64. The summed E-state index contributed by atoms with van der Waals surface area (Å²) in [7, 11) is -1.50. The van der Waals surface area contributed by atoms with Gasteiger partial charge in [0, 0.05) is 24.0 Å². The second-order valence-corrected chi connectivity index (χ2v) is 10.2. The smallest absolute Gasteiger partial charge is 0.245 e. The van der Waals surface area contributed by atoms with E-state index < -0.39 is 10.0 Å². The molecule has 21 heavy (non-hydrogen) atoms. The van der Waals surface area contributed by atoms with Crippen LogP contribution in [-0.2, 0) is 16.6 Å². The maximum Gasteiger partial charge on any atom is 0.245 e. The van der Waals surface area contributed by atoms with Crippen molar-refractivity contribution in [3.8, 4) is 0 Å². The van der Waals surface area contributed by atoms with Crippen molar-refractivity contribution in [2.75, 3.05) is 13.6 Å². The third-order valence-electron chi connectivity index (χ3n) is 4.60. The Hall–Kier alpha value is 0.0500. The van der Waals surface area contributed by atoms with Gasteiger partial charge in [-0.25, -0.2) is 8.42 Å². The molecule has 1 aliphatic carbocycles. The van der Waals surface area contributed by atoms with Gasteiger partial charge >= 0.3 is 0 Å². The minimum atomic E-state index is -3.37. The van der Waals surface area contributed by atoms with Gasteiger partial charge in [-0.1, -0.05) is 12.8 Å². The van der Waals surface area contributed by atoms with Crippen molar-refractivity contribution in [3.05, 3.63) is 14.7 Å². The maximum atomic E-state index is 13.0. The first-order chi connectivity index (χ1) is 10.0. The Balaban J connectivity index is 1.90. The number of halogens is 1. The number of nitrogens with zero attached hydrogens (tertiary/aromatic N) is 1. The SMILES string of the molecule is CNCc1cc(S(=O)(=O)N2CCC3CCCCC32)c(Br)s1. The Labute approximate surface area is 139 Å². The molecule has 1 saturated carbocycles. The topological polar surface area (TPSA) is 49.4 Å². The van der Waals surface area contributed by atoms with Crippen molar-refractivity contribution in [1.29, 1.82) is 0 Å². The molecule has 1 aromatic rings. The first kappa shape index (κ1) is 15.9. The van der Waals surface area contributed by atoms with Crippen LogP contribution in [0.5, 0.6) is 0 Å². The Morgan fingerprint density at radius 1 is 1.38 bits per heavy atom. The van der Waals surface area contributed by atoms with Crippen molar-refractivity contribution in [3.63, 3.8) is 0 Å². The van der Waals surface area contributed by atoms with E-state index in [2.05, 4.69) is 21.2 Å². The zero-order valence-corrected chi connectivity index (χ0v) is 15.4. The van der Waals surface area contributed by atoms with Gasteiger partial charge in [-0.15, -0.1) is 11.3 Å². The monoisotopic (exact) mass is 392 g/mol. The lowest BCUT2D eigenvalue weighted by Crippen LogP contribution is -2.39. The van der Waals surface area contributed by atoms with Crippen molar-refractivity contribution in [1.82, 2.24) is 9.62 Å². The van der Waals surface area contributed by atoms with Crippen LogP contribution in [0.4, 0.5) is 0 Å². The average molecular weight is 393 g/mol. The van der Waals surface area contributed by atoms with Crippen molar-refractivity contribution >= 4 is 37.3 Å². The number of hydrogen-bond acceptors (Lipinski definition) is 4. The van der Waals surface area contributed by atoms with Crippen LogP contribution in [0, 0.1) is 5.92 Å². The van der Waals surface area contributed by atoms with Gasteiger partial charge in [0.25, 0.3) is 0 Å². The van der Waals surface area contributed by atoms with E-state index in [1.165, 1.54) is 24.2 Å². The predicted octanol–water partition coefficient (Wildman–Crippen LogP) is 3.18. The van der Waals surface area contributed by atoms with Crippen molar-refractivity contribution in [2.24, 2.45) is 5.92 Å². The molecule has 7 heteroatoms. The molecule has 0 bridgehead atoms. The van der Waals surface area contributed by atoms with Crippen LogP contribution in [0.2, 0.25) is 0 Å². The molecule has 2 fully saturated rings. The van der Waals surface area contributed by atoms with Crippen LogP contribution in [0.15, 0.2) is 14.7 Å². The molecule has 118 valence electrons. The van der Waals surface area contributed by atoms with Crippen molar-refractivity contribution in [2.45, 2.75) is 49.6 Å². The summed E-state index contributed by atoms with van der Waals surface area (Å²) >= 11 is 4.95. The molecule has 0 aromatic carbocycles. The van der Waals surface area contributed by atoms with Gasteiger partial charge in [0.1, 0.15) is 4.90 Å². The van der Waals surface area contributed by atoms with E-state index >= 15 is 0 Å². The highest BCUT2D eigenvalue weighted by molar-refractivity contribution is 9.11. The van der Waals surface area contributed by atoms with Gasteiger partial charge in [0.15, 0.2) is 0 Å². The quantitative estimate of drug-likeness (QED) is 0.855. The second-order valence-electron chi connectivity index (χ2n) is 5.90. The fourth-order valence-corrected chi connectivity index (χ4v) is 8.00. The first-order valence-corrected chi connectivity index (χ1v) is 10.5. The molecule has 0 radical (unpaired) electrons. The number of hydrogen-bond donors (Lipinski definition) is 1. The summed E-state index contributed by atoms with van der Waals surface area (Å²) in [4.78, 5) is 1.49. The molecule has 2 heterocycles. The van der Waals surface area contributed by atoms with Gasteiger partial charge in [0.2, 0.25) is 10.0 Å². The number of thiophene rings is 1. The third kappa shape index (κ3) is 2.95. The van der Waals surface area contributed by atoms with E-state index in [-0.39, 0.29) is 6.04 Å². The summed E-state index contributed by atoms with van der Waals surface area (Å²) in [6, 6.07) is 2.04. The van der Waals surface area contributed by atoms with Crippen LogP contribution >= 0.6 is 27.3 Å². The Morgan fingerprint density at radius 3 is 2.90 bits per heavy atom. The molecule has 3 rings (SSSR count). The number of fused-ring (bicyclic) bond motifs is 1. The van der Waals surface area contributed by atoms with E-state index in [1.807, 2.05) is 13.1 Å². The standard InChI is InChI=1S/C14H21BrN2O2S2/c1-16-9-11-8-13(14(15)20-11)21(18,19)17-7-6-10-4-2-3-5-12(10)17/h8,10,12,16H,2-7,9H2,1H3. The van der Waals surface area contributed by atoms with Crippen LogP contribution in [0.25, 0.3) is 0 Å². The van der Waals surface area contributed by atoms with E-state index in [9.17, 15) is 8.42 Å². The molecular formula is C14H21BrN2O2S2. The molecule has 0 amide bonds. The molecule has 0 spiro atoms. The second kappa shape index (κ2) is 6.28. The lowest BCUT2D eigenvalue weighted by Gasteiger charge is -2.30. The Morgan fingerprint density at radius 2 is 2.14 bits per heavy atom. The molecule has 1 saturated heterocycles. The number of sulfonamides is 1. The molecule has 2 aliphatic rings. The first-order valence-electron chi connectivity index (χ1n) is 7.48. The lowest BCUT2D eigenvalue weighted by molar-refractivity contribution is 0.260. The lowest BCUT2D eigenvalue weighted by atomic mass is 9.86. The highest BCUT2D eigenvalue weighted by Gasteiger charge is 2.43. The largest absolute Gasteiger partial charge is 0.315 e. The van der Waals surface area contributed by atoms with Gasteiger partial charge in [-0.3, -0.25) is 0 Å². The molecule has 1 N–H and O–H groups in total.